The zero-order valence-corrected chi connectivity index (χ0v) is 18.3. The maximum Gasteiger partial charge on any atom is 0.0267 e. The van der Waals surface area contributed by atoms with E-state index in [1.165, 1.54) is 0 Å². The first-order chi connectivity index (χ1) is 10.7. The monoisotopic (exact) mass is 572 g/mol. The van der Waals surface area contributed by atoms with E-state index >= 15 is 0 Å². The third-order valence-corrected chi connectivity index (χ3v) is 1.70. The minimum Gasteiger partial charge on any atom is -0.265 e. The molecule has 0 aliphatic heterocycles. The Hall–Kier alpha value is -0.422. The number of rotatable bonds is 0. The number of nitrogens with zero attached hydrogens (tertiary/aromatic N) is 3. The second-order valence-electron chi connectivity index (χ2n) is 3.25. The Kier molecular flexibility index (Phi) is 18.3. The molecular formula is C15H15Br3MoN3. The van der Waals surface area contributed by atoms with Crippen LogP contribution >= 0.6 is 39.9 Å². The van der Waals surface area contributed by atoms with Crippen LogP contribution in [0.3, 0.4) is 0 Å². The van der Waals surface area contributed by atoms with Gasteiger partial charge < -0.3 is 0 Å². The molecule has 0 saturated heterocycles. The summed E-state index contributed by atoms with van der Waals surface area (Å²) in [6.45, 7) is 0. The smallest absolute Gasteiger partial charge is 0.0267 e. The van der Waals surface area contributed by atoms with Crippen LogP contribution in [0.15, 0.2) is 91.8 Å². The van der Waals surface area contributed by atoms with Crippen molar-refractivity contribution in [2.75, 3.05) is 0 Å². The van der Waals surface area contributed by atoms with Gasteiger partial charge in [0, 0.05) is 37.2 Å². The minimum atomic E-state index is -0.919. The normalized spacial score (nSPS) is 8.18. The molecule has 3 heterocycles. The van der Waals surface area contributed by atoms with Crippen molar-refractivity contribution in [3.63, 3.8) is 0 Å². The second-order valence-corrected chi connectivity index (χ2v) is 31.0. The molecule has 3 aromatic heterocycles. The Morgan fingerprint density at radius 2 is 0.591 bits per heavy atom. The maximum absolute atomic E-state index is 3.78. The summed E-state index contributed by atoms with van der Waals surface area (Å²) in [5.74, 6) is 0. The Labute approximate surface area is 156 Å². The molecule has 0 fully saturated rings. The Morgan fingerprint density at radius 3 is 0.636 bits per heavy atom. The van der Waals surface area contributed by atoms with Gasteiger partial charge in [-0.05, 0) is 36.4 Å². The predicted octanol–water partition coefficient (Wildman–Crippen LogP) is 5.78. The fraction of sp³-hybridized carbons (Fsp3) is 0. The van der Waals surface area contributed by atoms with Crippen molar-refractivity contribution in [3.8, 4) is 0 Å². The molecule has 7 heteroatoms. The van der Waals surface area contributed by atoms with Crippen LogP contribution in [0.4, 0.5) is 0 Å². The Bertz CT molecular complexity index is 358. The van der Waals surface area contributed by atoms with Crippen molar-refractivity contribution in [1.29, 1.82) is 0 Å². The van der Waals surface area contributed by atoms with E-state index in [9.17, 15) is 0 Å². The molecule has 22 heavy (non-hydrogen) atoms. The maximum atomic E-state index is 3.78. The van der Waals surface area contributed by atoms with Gasteiger partial charge in [-0.2, -0.15) is 0 Å². The molecule has 0 saturated carbocycles. The summed E-state index contributed by atoms with van der Waals surface area (Å²) < 4.78 is 0. The van der Waals surface area contributed by atoms with Crippen LogP contribution in [-0.4, -0.2) is 15.0 Å². The average molecular weight is 573 g/mol. The van der Waals surface area contributed by atoms with Gasteiger partial charge in [-0.3, -0.25) is 15.0 Å². The number of hydrogen-bond acceptors (Lipinski definition) is 3. The molecule has 117 valence electrons. The van der Waals surface area contributed by atoms with Crippen LogP contribution in [0, 0.1) is 0 Å². The van der Waals surface area contributed by atoms with E-state index in [1.54, 1.807) is 37.2 Å². The van der Waals surface area contributed by atoms with Crippen molar-refractivity contribution in [3.05, 3.63) is 91.8 Å². The molecule has 3 nitrogen and oxygen atoms in total. The number of hydrogen-bond donors (Lipinski definition) is 0. The van der Waals surface area contributed by atoms with Crippen molar-refractivity contribution < 1.29 is 11.1 Å². The van der Waals surface area contributed by atoms with E-state index in [0.29, 0.717) is 0 Å². The summed E-state index contributed by atoms with van der Waals surface area (Å²) in [4.78, 5) is 11.4. The summed E-state index contributed by atoms with van der Waals surface area (Å²) in [5, 5.41) is 0. The van der Waals surface area contributed by atoms with E-state index in [0.717, 1.165) is 0 Å². The van der Waals surface area contributed by atoms with E-state index in [-0.39, 0.29) is 0 Å². The fourth-order valence-corrected chi connectivity index (χ4v) is 0.938. The third-order valence-electron chi connectivity index (χ3n) is 1.70. The predicted molar refractivity (Wildman–Crippen MR) is 99.5 cm³/mol. The van der Waals surface area contributed by atoms with Crippen molar-refractivity contribution in [2.24, 2.45) is 0 Å². The van der Waals surface area contributed by atoms with Crippen LogP contribution in [0.5, 0.6) is 0 Å². The molecule has 0 atom stereocenters. The summed E-state index contributed by atoms with van der Waals surface area (Å²) in [6.07, 6.45) is 10.5. The molecule has 0 unspecified atom stereocenters. The number of halogens is 3. The van der Waals surface area contributed by atoms with E-state index in [1.807, 2.05) is 54.6 Å². The molecule has 0 N–H and O–H groups in total. The molecule has 0 amide bonds. The van der Waals surface area contributed by atoms with E-state index in [4.69, 9.17) is 0 Å². The summed E-state index contributed by atoms with van der Waals surface area (Å²) in [6, 6.07) is 17.1. The van der Waals surface area contributed by atoms with Crippen LogP contribution < -0.4 is 0 Å². The topological polar surface area (TPSA) is 38.7 Å². The molecule has 3 aromatic rings. The molecule has 0 bridgehead atoms. The largest absolute Gasteiger partial charge is 0.265 e. The van der Waals surface area contributed by atoms with Crippen LogP contribution in [0.25, 0.3) is 0 Å². The van der Waals surface area contributed by atoms with E-state index in [2.05, 4.69) is 54.8 Å². The zero-order chi connectivity index (χ0) is 16.3. The second kappa shape index (κ2) is 18.6. The SMILES string of the molecule is [Br][Mo]([Br])[Br].c1ccncc1.c1ccncc1.c1ccncc1. The van der Waals surface area contributed by atoms with Crippen molar-refractivity contribution in [1.82, 2.24) is 15.0 Å². The van der Waals surface area contributed by atoms with Gasteiger partial charge >= 0.3 is 51.0 Å². The quantitative estimate of drug-likeness (QED) is 0.321. The zero-order valence-electron chi connectivity index (χ0n) is 11.5. The first-order valence-electron chi connectivity index (χ1n) is 6.01. The standard InChI is InChI=1S/3C5H5N.3BrH.Mo/c3*1-2-4-6-5-3-1;;;;/h3*1-5H;3*1H;/q;;;;;;+3/p-3. The van der Waals surface area contributed by atoms with Gasteiger partial charge in [-0.15, -0.1) is 0 Å². The Morgan fingerprint density at radius 1 is 0.409 bits per heavy atom. The van der Waals surface area contributed by atoms with Gasteiger partial charge in [0.05, 0.1) is 0 Å². The van der Waals surface area contributed by atoms with Crippen molar-refractivity contribution >= 4 is 39.9 Å². The van der Waals surface area contributed by atoms with Gasteiger partial charge in [-0.1, -0.05) is 18.2 Å². The van der Waals surface area contributed by atoms with Gasteiger partial charge in [0.15, 0.2) is 0 Å². The molecule has 0 spiro atoms. The molecule has 3 rings (SSSR count). The molecule has 0 aliphatic carbocycles. The summed E-state index contributed by atoms with van der Waals surface area (Å²) in [7, 11) is 0. The molecule has 0 aliphatic rings. The number of pyridine rings is 3. The fourth-order valence-electron chi connectivity index (χ4n) is 0.938. The minimum absolute atomic E-state index is 0.919. The van der Waals surface area contributed by atoms with E-state index < -0.39 is 11.1 Å². The summed E-state index contributed by atoms with van der Waals surface area (Å²) >= 11 is 8.90. The van der Waals surface area contributed by atoms with Crippen molar-refractivity contribution in [2.45, 2.75) is 0 Å². The Balaban J connectivity index is 0.000000271. The van der Waals surface area contributed by atoms with Crippen LogP contribution in [-0.2, 0) is 11.1 Å². The van der Waals surface area contributed by atoms with Crippen LogP contribution in [0.2, 0.25) is 0 Å². The molecular weight excluding hydrogens is 558 g/mol. The molecule has 0 radical (unpaired) electrons. The average Bonchev–Trinajstić information content (AvgIpc) is 2.60. The van der Waals surface area contributed by atoms with Gasteiger partial charge in [0.25, 0.3) is 0 Å². The third kappa shape index (κ3) is 21.9. The van der Waals surface area contributed by atoms with Gasteiger partial charge in [-0.25, -0.2) is 0 Å². The number of aromatic nitrogens is 3. The summed E-state index contributed by atoms with van der Waals surface area (Å²) in [5.41, 5.74) is 0. The first kappa shape index (κ1) is 21.6. The van der Waals surface area contributed by atoms with Crippen LogP contribution in [0.1, 0.15) is 0 Å². The van der Waals surface area contributed by atoms with Gasteiger partial charge in [0.2, 0.25) is 0 Å². The first-order valence-corrected chi connectivity index (χ1v) is 19.8. The molecule has 0 aromatic carbocycles. The van der Waals surface area contributed by atoms with Gasteiger partial charge in [0.1, 0.15) is 0 Å².